The first-order chi connectivity index (χ1) is 7.47. The molecule has 0 radical (unpaired) electrons. The highest BCUT2D eigenvalue weighted by Crippen LogP contribution is 2.20. The molecule has 0 unspecified atom stereocenters. The predicted molar refractivity (Wildman–Crippen MR) is 61.3 cm³/mol. The van der Waals surface area contributed by atoms with Crippen LogP contribution in [0.1, 0.15) is 23.7 Å². The van der Waals surface area contributed by atoms with Gasteiger partial charge < -0.3 is 4.90 Å². The second kappa shape index (κ2) is 5.39. The summed E-state index contributed by atoms with van der Waals surface area (Å²) in [5.74, 6) is -2.33. The van der Waals surface area contributed by atoms with Crippen molar-refractivity contribution in [2.75, 3.05) is 13.6 Å². The van der Waals surface area contributed by atoms with E-state index in [0.29, 0.717) is 6.54 Å². The molecule has 5 heteroatoms. The Kier molecular flexibility index (Phi) is 4.41. The lowest BCUT2D eigenvalue weighted by Crippen LogP contribution is -2.29. The van der Waals surface area contributed by atoms with Gasteiger partial charge in [0, 0.05) is 18.1 Å². The van der Waals surface area contributed by atoms with Crippen molar-refractivity contribution in [2.24, 2.45) is 0 Å². The summed E-state index contributed by atoms with van der Waals surface area (Å²) in [6.07, 6.45) is 0.738. The number of benzene rings is 1. The fourth-order valence-electron chi connectivity index (χ4n) is 1.37. The molecule has 0 saturated carbocycles. The second-order valence-electron chi connectivity index (χ2n) is 3.47. The van der Waals surface area contributed by atoms with Crippen LogP contribution in [0.5, 0.6) is 0 Å². The van der Waals surface area contributed by atoms with E-state index in [1.165, 1.54) is 11.9 Å². The van der Waals surface area contributed by atoms with E-state index in [1.807, 2.05) is 6.92 Å². The summed E-state index contributed by atoms with van der Waals surface area (Å²) in [7, 11) is 1.52. The topological polar surface area (TPSA) is 20.3 Å². The molecule has 1 aromatic carbocycles. The molecule has 1 rings (SSSR count). The number of hydrogen-bond acceptors (Lipinski definition) is 1. The lowest BCUT2D eigenvalue weighted by atomic mass is 10.1. The molecule has 0 spiro atoms. The van der Waals surface area contributed by atoms with Gasteiger partial charge in [0.15, 0.2) is 0 Å². The highest BCUT2D eigenvalue weighted by Gasteiger charge is 2.20. The minimum absolute atomic E-state index is 0.275. The van der Waals surface area contributed by atoms with Crippen LogP contribution in [0.25, 0.3) is 0 Å². The lowest BCUT2D eigenvalue weighted by Gasteiger charge is -2.16. The number of nitrogens with zero attached hydrogens (tertiary/aromatic N) is 1. The molecule has 0 aliphatic heterocycles. The zero-order chi connectivity index (χ0) is 12.3. The third-order valence-corrected chi connectivity index (χ3v) is 2.58. The van der Waals surface area contributed by atoms with Crippen molar-refractivity contribution in [3.05, 3.63) is 33.8 Å². The molecule has 0 N–H and O–H groups in total. The van der Waals surface area contributed by atoms with Crippen LogP contribution in [-0.2, 0) is 0 Å². The highest BCUT2D eigenvalue weighted by molar-refractivity contribution is 9.10. The first-order valence-electron chi connectivity index (χ1n) is 4.87. The quantitative estimate of drug-likeness (QED) is 0.837. The van der Waals surface area contributed by atoms with Gasteiger partial charge in [0.25, 0.3) is 5.91 Å². The normalized spacial score (nSPS) is 10.3. The zero-order valence-corrected chi connectivity index (χ0v) is 10.6. The zero-order valence-electron chi connectivity index (χ0n) is 9.06. The average Bonchev–Trinajstić information content (AvgIpc) is 2.16. The first kappa shape index (κ1) is 13.1. The van der Waals surface area contributed by atoms with E-state index in [4.69, 9.17) is 0 Å². The molecule has 0 fully saturated rings. The fraction of sp³-hybridized carbons (Fsp3) is 0.364. The smallest absolute Gasteiger partial charge is 0.259 e. The molecule has 0 aliphatic rings. The maximum absolute atomic E-state index is 13.4. The highest BCUT2D eigenvalue weighted by atomic mass is 79.9. The van der Waals surface area contributed by atoms with Crippen molar-refractivity contribution in [3.8, 4) is 0 Å². The summed E-state index contributed by atoms with van der Waals surface area (Å²) in [5.41, 5.74) is -0.501. The number of rotatable bonds is 3. The van der Waals surface area contributed by atoms with Gasteiger partial charge in [0.2, 0.25) is 0 Å². The molecule has 16 heavy (non-hydrogen) atoms. The molecule has 0 aliphatic carbocycles. The van der Waals surface area contributed by atoms with Crippen LogP contribution in [0.4, 0.5) is 8.78 Å². The van der Waals surface area contributed by atoms with Crippen LogP contribution in [0.2, 0.25) is 0 Å². The van der Waals surface area contributed by atoms with Gasteiger partial charge in [-0.25, -0.2) is 8.78 Å². The number of carbonyl (C=O) groups excluding carboxylic acids is 1. The van der Waals surface area contributed by atoms with Gasteiger partial charge in [0.05, 0.1) is 0 Å². The SMILES string of the molecule is CCCN(C)C(=O)c1c(F)cc(Br)cc1F. The van der Waals surface area contributed by atoms with Crippen molar-refractivity contribution in [2.45, 2.75) is 13.3 Å². The van der Waals surface area contributed by atoms with Crippen LogP contribution >= 0.6 is 15.9 Å². The van der Waals surface area contributed by atoms with Gasteiger partial charge in [0.1, 0.15) is 17.2 Å². The Morgan fingerprint density at radius 2 is 1.88 bits per heavy atom. The maximum Gasteiger partial charge on any atom is 0.259 e. The van der Waals surface area contributed by atoms with E-state index in [9.17, 15) is 13.6 Å². The summed E-state index contributed by atoms with van der Waals surface area (Å²) in [4.78, 5) is 13.0. The van der Waals surface area contributed by atoms with Crippen LogP contribution < -0.4 is 0 Å². The van der Waals surface area contributed by atoms with Crippen molar-refractivity contribution in [1.82, 2.24) is 4.90 Å². The standard InChI is InChI=1S/C11H12BrF2NO/c1-3-4-15(2)11(16)10-8(13)5-7(12)6-9(10)14/h5-6H,3-4H2,1-2H3. The number of carbonyl (C=O) groups is 1. The maximum atomic E-state index is 13.4. The molecule has 0 bridgehead atoms. The Bertz CT molecular complexity index is 386. The van der Waals surface area contributed by atoms with Crippen LogP contribution in [0, 0.1) is 11.6 Å². The Balaban J connectivity index is 3.08. The van der Waals surface area contributed by atoms with E-state index >= 15 is 0 Å². The summed E-state index contributed by atoms with van der Waals surface area (Å²) in [6.45, 7) is 2.35. The molecule has 2 nitrogen and oxygen atoms in total. The molecule has 0 atom stereocenters. The van der Waals surface area contributed by atoms with Crippen LogP contribution in [0.3, 0.4) is 0 Å². The van der Waals surface area contributed by atoms with E-state index in [1.54, 1.807) is 0 Å². The van der Waals surface area contributed by atoms with Gasteiger partial charge in [-0.1, -0.05) is 22.9 Å². The lowest BCUT2D eigenvalue weighted by molar-refractivity contribution is 0.0785. The summed E-state index contributed by atoms with van der Waals surface area (Å²) >= 11 is 2.96. The van der Waals surface area contributed by atoms with E-state index in [0.717, 1.165) is 18.6 Å². The minimum Gasteiger partial charge on any atom is -0.342 e. The Morgan fingerprint density at radius 3 is 2.31 bits per heavy atom. The summed E-state index contributed by atoms with van der Waals surface area (Å²) < 4.78 is 27.2. The van der Waals surface area contributed by atoms with Gasteiger partial charge in [-0.2, -0.15) is 0 Å². The van der Waals surface area contributed by atoms with Crippen LogP contribution in [0.15, 0.2) is 16.6 Å². The molecule has 1 amide bonds. The minimum atomic E-state index is -0.847. The van der Waals surface area contributed by atoms with Gasteiger partial charge in [-0.15, -0.1) is 0 Å². The van der Waals surface area contributed by atoms with Crippen molar-refractivity contribution < 1.29 is 13.6 Å². The molecule has 0 aromatic heterocycles. The Hall–Kier alpha value is -0.970. The number of hydrogen-bond donors (Lipinski definition) is 0. The van der Waals surface area contributed by atoms with Crippen molar-refractivity contribution in [3.63, 3.8) is 0 Å². The number of amides is 1. The second-order valence-corrected chi connectivity index (χ2v) is 4.39. The third kappa shape index (κ3) is 2.78. The average molecular weight is 292 g/mol. The largest absolute Gasteiger partial charge is 0.342 e. The van der Waals surface area contributed by atoms with Gasteiger partial charge >= 0.3 is 0 Å². The van der Waals surface area contributed by atoms with Crippen molar-refractivity contribution >= 4 is 21.8 Å². The molecular formula is C11H12BrF2NO. The van der Waals surface area contributed by atoms with E-state index in [2.05, 4.69) is 15.9 Å². The molecule has 0 heterocycles. The number of halogens is 3. The van der Waals surface area contributed by atoms with Gasteiger partial charge in [-0.05, 0) is 18.6 Å². The van der Waals surface area contributed by atoms with E-state index < -0.39 is 23.1 Å². The Labute approximate surface area is 101 Å². The Morgan fingerprint density at radius 1 is 1.38 bits per heavy atom. The van der Waals surface area contributed by atoms with Crippen molar-refractivity contribution in [1.29, 1.82) is 0 Å². The van der Waals surface area contributed by atoms with Gasteiger partial charge in [-0.3, -0.25) is 4.79 Å². The first-order valence-corrected chi connectivity index (χ1v) is 5.66. The van der Waals surface area contributed by atoms with E-state index in [-0.39, 0.29) is 4.47 Å². The predicted octanol–water partition coefficient (Wildman–Crippen LogP) is 3.21. The third-order valence-electron chi connectivity index (χ3n) is 2.13. The molecule has 88 valence electrons. The molecule has 0 saturated heterocycles. The fourth-order valence-corrected chi connectivity index (χ4v) is 1.78. The van der Waals surface area contributed by atoms with Crippen LogP contribution in [-0.4, -0.2) is 24.4 Å². The molecular weight excluding hydrogens is 280 g/mol. The summed E-state index contributed by atoms with van der Waals surface area (Å²) in [6, 6.07) is 2.16. The molecule has 1 aromatic rings. The summed E-state index contributed by atoms with van der Waals surface area (Å²) in [5, 5.41) is 0. The monoisotopic (exact) mass is 291 g/mol.